The topological polar surface area (TPSA) is 170 Å². The average molecular weight is 412 g/mol. The van der Waals surface area contributed by atoms with Crippen molar-refractivity contribution in [1.29, 1.82) is 0 Å². The molecular formula is C15H20N6O4S2. The van der Waals surface area contributed by atoms with E-state index in [2.05, 4.69) is 20.0 Å². The molecule has 0 fully saturated rings. The highest BCUT2D eigenvalue weighted by Gasteiger charge is 2.19. The van der Waals surface area contributed by atoms with Gasteiger partial charge in [0, 0.05) is 6.26 Å². The van der Waals surface area contributed by atoms with Gasteiger partial charge in [0.15, 0.2) is 5.69 Å². The predicted octanol–water partition coefficient (Wildman–Crippen LogP) is 0.390. The molecule has 2 aromatic heterocycles. The minimum atomic E-state index is -3.25. The van der Waals surface area contributed by atoms with E-state index in [0.717, 1.165) is 11.9 Å². The average Bonchev–Trinajstić information content (AvgIpc) is 2.95. The molecule has 10 nitrogen and oxygen atoms in total. The maximum absolute atomic E-state index is 11.6. The van der Waals surface area contributed by atoms with Gasteiger partial charge in [-0.15, -0.1) is 0 Å². The molecule has 0 saturated carbocycles. The highest BCUT2D eigenvalue weighted by Crippen LogP contribution is 2.26. The number of primary amides is 2. The molecule has 0 aliphatic rings. The summed E-state index contributed by atoms with van der Waals surface area (Å²) in [5.41, 5.74) is 12.2. The van der Waals surface area contributed by atoms with Crippen LogP contribution >= 0.6 is 11.5 Å². The number of anilines is 3. The van der Waals surface area contributed by atoms with Gasteiger partial charge in [0.05, 0.1) is 29.0 Å². The molecular weight excluding hydrogens is 392 g/mol. The Balaban J connectivity index is 2.26. The number of amides is 2. The van der Waals surface area contributed by atoms with Crippen LogP contribution in [-0.2, 0) is 14.6 Å². The van der Waals surface area contributed by atoms with Crippen molar-refractivity contribution < 1.29 is 18.0 Å². The second kappa shape index (κ2) is 8.31. The highest BCUT2D eigenvalue weighted by atomic mass is 32.2. The van der Waals surface area contributed by atoms with Crippen LogP contribution < -0.4 is 22.1 Å². The Hall–Kier alpha value is -2.73. The number of pyridine rings is 1. The number of aromatic nitrogens is 2. The van der Waals surface area contributed by atoms with E-state index in [9.17, 15) is 18.0 Å². The molecule has 0 aliphatic carbocycles. The van der Waals surface area contributed by atoms with Crippen LogP contribution in [0.25, 0.3) is 0 Å². The lowest BCUT2D eigenvalue weighted by Gasteiger charge is -2.17. The molecule has 146 valence electrons. The smallest absolute Gasteiger partial charge is 0.269 e. The first-order chi connectivity index (χ1) is 12.5. The summed E-state index contributed by atoms with van der Waals surface area (Å²) in [6.45, 7) is 1.83. The van der Waals surface area contributed by atoms with Gasteiger partial charge in [-0.05, 0) is 37.0 Å². The fourth-order valence-electron chi connectivity index (χ4n) is 2.21. The van der Waals surface area contributed by atoms with Gasteiger partial charge < -0.3 is 22.1 Å². The molecule has 2 heterocycles. The maximum atomic E-state index is 11.6. The minimum Gasteiger partial charge on any atom is -0.372 e. The number of sulfone groups is 1. The second-order valence-corrected chi connectivity index (χ2v) is 9.02. The molecule has 0 aliphatic heterocycles. The quantitative estimate of drug-likeness (QED) is 0.458. The van der Waals surface area contributed by atoms with Crippen molar-refractivity contribution in [2.45, 2.75) is 19.4 Å². The first kappa shape index (κ1) is 20.6. The van der Waals surface area contributed by atoms with E-state index >= 15 is 0 Å². The fourth-order valence-corrected chi connectivity index (χ4v) is 3.55. The summed E-state index contributed by atoms with van der Waals surface area (Å²) in [5, 5.41) is 6.54. The van der Waals surface area contributed by atoms with E-state index < -0.39 is 27.7 Å². The van der Waals surface area contributed by atoms with E-state index in [1.165, 1.54) is 17.7 Å². The Morgan fingerprint density at radius 3 is 2.52 bits per heavy atom. The lowest BCUT2D eigenvalue weighted by Crippen LogP contribution is -2.37. The van der Waals surface area contributed by atoms with Crippen molar-refractivity contribution in [2.75, 3.05) is 22.6 Å². The van der Waals surface area contributed by atoms with E-state index in [4.69, 9.17) is 11.5 Å². The third kappa shape index (κ3) is 6.18. The van der Waals surface area contributed by atoms with Gasteiger partial charge in [0.25, 0.3) is 5.91 Å². The van der Waals surface area contributed by atoms with Gasteiger partial charge in [-0.1, -0.05) is 0 Å². The molecule has 0 unspecified atom stereocenters. The van der Waals surface area contributed by atoms with E-state index in [0.29, 0.717) is 16.4 Å². The van der Waals surface area contributed by atoms with Gasteiger partial charge in [-0.3, -0.25) is 9.59 Å². The lowest BCUT2D eigenvalue weighted by atomic mass is 10.2. The van der Waals surface area contributed by atoms with E-state index in [-0.39, 0.29) is 17.9 Å². The van der Waals surface area contributed by atoms with E-state index in [1.807, 2.05) is 6.92 Å². The summed E-state index contributed by atoms with van der Waals surface area (Å²) in [6.07, 6.45) is 2.40. The largest absolute Gasteiger partial charge is 0.372 e. The first-order valence-corrected chi connectivity index (χ1v) is 10.6. The molecule has 6 N–H and O–H groups in total. The number of hydrogen-bond donors (Lipinski definition) is 4. The van der Waals surface area contributed by atoms with Crippen LogP contribution in [0.5, 0.6) is 0 Å². The zero-order valence-corrected chi connectivity index (χ0v) is 16.4. The first-order valence-electron chi connectivity index (χ1n) is 7.79. The normalized spacial score (nSPS) is 12.4. The minimum absolute atomic E-state index is 0.00252. The molecule has 0 radical (unpaired) electrons. The highest BCUT2D eigenvalue weighted by molar-refractivity contribution is 7.90. The zero-order valence-electron chi connectivity index (χ0n) is 14.7. The summed E-state index contributed by atoms with van der Waals surface area (Å²) < 4.78 is 26.8. The Morgan fingerprint density at radius 2 is 2.00 bits per heavy atom. The maximum Gasteiger partial charge on any atom is 0.269 e. The van der Waals surface area contributed by atoms with Crippen molar-refractivity contribution in [3.05, 3.63) is 29.7 Å². The van der Waals surface area contributed by atoms with Crippen molar-refractivity contribution in [2.24, 2.45) is 11.5 Å². The van der Waals surface area contributed by atoms with Crippen molar-refractivity contribution in [3.8, 4) is 0 Å². The molecule has 0 spiro atoms. The Bertz CT molecular complexity index is 957. The number of carbonyl (C=O) groups excluding carboxylic acids is 2. The van der Waals surface area contributed by atoms with Gasteiger partial charge in [-0.25, -0.2) is 13.4 Å². The third-order valence-corrected chi connectivity index (χ3v) is 5.24. The van der Waals surface area contributed by atoms with Gasteiger partial charge >= 0.3 is 0 Å². The number of carbonyl (C=O) groups is 2. The summed E-state index contributed by atoms with van der Waals surface area (Å²) >= 11 is 1.20. The standard InChI is InChI=1S/C15H20N6O4S2/c1-8-5-12(26-21-8)20-11-6-9(7-18-13(11)15(17)23)19-10(14(16)22)3-4-27(2,24)25/h5-7,10,19-20H,3-4H2,1-2H3,(H2,16,22)(H2,17,23)/t10-/m1/s1. The van der Waals surface area contributed by atoms with Crippen LogP contribution in [0.1, 0.15) is 22.6 Å². The monoisotopic (exact) mass is 412 g/mol. The number of nitrogens with zero attached hydrogens (tertiary/aromatic N) is 2. The van der Waals surface area contributed by atoms with E-state index in [1.54, 1.807) is 12.1 Å². The Labute approximate surface area is 160 Å². The third-order valence-electron chi connectivity index (χ3n) is 3.47. The Kier molecular flexibility index (Phi) is 6.33. The Morgan fingerprint density at radius 1 is 1.30 bits per heavy atom. The zero-order chi connectivity index (χ0) is 20.2. The second-order valence-electron chi connectivity index (χ2n) is 5.96. The number of aryl methyl sites for hydroxylation is 1. The molecule has 2 rings (SSSR count). The van der Waals surface area contributed by atoms with Crippen LogP contribution in [0.2, 0.25) is 0 Å². The van der Waals surface area contributed by atoms with Crippen LogP contribution in [0.15, 0.2) is 18.3 Å². The number of rotatable bonds is 9. The predicted molar refractivity (Wildman–Crippen MR) is 104 cm³/mol. The molecule has 2 amide bonds. The summed E-state index contributed by atoms with van der Waals surface area (Å²) in [5.74, 6) is -1.63. The molecule has 27 heavy (non-hydrogen) atoms. The fraction of sp³-hybridized carbons (Fsp3) is 0.333. The van der Waals surface area contributed by atoms with Crippen molar-refractivity contribution in [3.63, 3.8) is 0 Å². The van der Waals surface area contributed by atoms with Gasteiger partial charge in [0.2, 0.25) is 5.91 Å². The van der Waals surface area contributed by atoms with Crippen LogP contribution in [0.4, 0.5) is 16.4 Å². The summed E-state index contributed by atoms with van der Waals surface area (Å²) in [4.78, 5) is 27.3. The van der Waals surface area contributed by atoms with Crippen molar-refractivity contribution >= 4 is 49.6 Å². The van der Waals surface area contributed by atoms with Gasteiger partial charge in [0.1, 0.15) is 20.9 Å². The SMILES string of the molecule is Cc1cc(Nc2cc(N[C@H](CCS(C)(=O)=O)C(N)=O)cnc2C(N)=O)sn1. The van der Waals surface area contributed by atoms with Crippen LogP contribution in [-0.4, -0.2) is 47.6 Å². The summed E-state index contributed by atoms with van der Waals surface area (Å²) in [7, 11) is -3.25. The molecule has 0 bridgehead atoms. The number of nitrogens with two attached hydrogens (primary N) is 2. The molecule has 12 heteroatoms. The molecule has 1 atom stereocenters. The molecule has 0 aromatic carbocycles. The number of nitrogens with one attached hydrogen (secondary N) is 2. The molecule has 2 aromatic rings. The molecule has 0 saturated heterocycles. The summed E-state index contributed by atoms with van der Waals surface area (Å²) in [6, 6.07) is 2.41. The van der Waals surface area contributed by atoms with Crippen molar-refractivity contribution in [1.82, 2.24) is 9.36 Å². The number of hydrogen-bond acceptors (Lipinski definition) is 9. The van der Waals surface area contributed by atoms with Crippen LogP contribution in [0, 0.1) is 6.92 Å². The lowest BCUT2D eigenvalue weighted by molar-refractivity contribution is -0.118. The van der Waals surface area contributed by atoms with Crippen LogP contribution in [0.3, 0.4) is 0 Å². The van der Waals surface area contributed by atoms with Gasteiger partial charge in [-0.2, -0.15) is 4.37 Å².